The second-order valence-corrected chi connectivity index (χ2v) is 11.0. The number of carbonyl (C=O) groups excluding carboxylic acids is 1. The van der Waals surface area contributed by atoms with Crippen molar-refractivity contribution in [2.45, 2.75) is 66.2 Å². The fourth-order valence-electron chi connectivity index (χ4n) is 6.10. The Morgan fingerprint density at radius 3 is 2.33 bits per heavy atom. The van der Waals surface area contributed by atoms with Crippen LogP contribution >= 0.6 is 0 Å². The number of nitrogens with zero attached hydrogens (tertiary/aromatic N) is 2. The van der Waals surface area contributed by atoms with Gasteiger partial charge in [-0.05, 0) is 92.6 Å². The first-order valence-corrected chi connectivity index (χ1v) is 13.8. The number of aldehydes is 1. The minimum absolute atomic E-state index is 0.0127. The van der Waals surface area contributed by atoms with Crippen molar-refractivity contribution in [1.29, 1.82) is 0 Å². The lowest BCUT2D eigenvalue weighted by Gasteiger charge is -2.19. The maximum absolute atomic E-state index is 11.7. The van der Waals surface area contributed by atoms with E-state index in [-0.39, 0.29) is 18.4 Å². The van der Waals surface area contributed by atoms with Crippen LogP contribution in [0.4, 0.5) is 0 Å². The number of nitrogens with one attached hydrogen (secondary N) is 2. The lowest BCUT2D eigenvalue weighted by molar-refractivity contribution is -0.112. The predicted molar refractivity (Wildman–Crippen MR) is 160 cm³/mol. The molecule has 6 nitrogen and oxygen atoms in total. The number of hydrogen-bond donors (Lipinski definition) is 3. The molecule has 0 fully saturated rings. The van der Waals surface area contributed by atoms with E-state index in [0.29, 0.717) is 6.42 Å². The fourth-order valence-corrected chi connectivity index (χ4v) is 6.10. The monoisotopic (exact) mass is 522 g/mol. The molecule has 3 atom stereocenters. The summed E-state index contributed by atoms with van der Waals surface area (Å²) in [6.07, 6.45) is 4.20. The molecular formula is C33H38N4O2. The standard InChI is InChI=1S/C33H38N4O2/c1-8-23-19(5)29-14-32-24(9-2)18(4)28(35-32)13-30-20(6)25(11-22(15-38)16-39)33(37-30)21(7)27-10-17(3)26(34-27)12-31(23)36-29/h9-10,12-15,20,22,25,34-35,39H,2,8,11,16H2,1,3-7H3/t20-,22?,25-/m0/s1. The van der Waals surface area contributed by atoms with Crippen LogP contribution in [-0.2, 0) is 4.79 Å². The largest absolute Gasteiger partial charge is 0.396 e. The number of fused-ring (bicyclic) bond motifs is 8. The van der Waals surface area contributed by atoms with Crippen LogP contribution in [0.2, 0.25) is 0 Å². The summed E-state index contributed by atoms with van der Waals surface area (Å²) in [4.78, 5) is 29.2. The summed E-state index contributed by atoms with van der Waals surface area (Å²) in [7, 11) is 0. The molecule has 0 saturated carbocycles. The summed E-state index contributed by atoms with van der Waals surface area (Å²) >= 11 is 0. The zero-order valence-electron chi connectivity index (χ0n) is 23.8. The SMILES string of the molecule is C=Cc1c(C)c2cc3nc(c(C)c4cc(C)c(cc5nc(cc1[nH]2)C(C)=C5CC)[nH]4)[C@@H](CC(C=O)CO)[C@@H]3C. The first-order valence-electron chi connectivity index (χ1n) is 13.8. The Bertz CT molecular complexity index is 1670. The van der Waals surface area contributed by atoms with Crippen LogP contribution in [-0.4, -0.2) is 37.9 Å². The van der Waals surface area contributed by atoms with E-state index < -0.39 is 5.92 Å². The van der Waals surface area contributed by atoms with Crippen molar-refractivity contribution in [2.24, 2.45) is 5.92 Å². The number of aromatic amines is 2. The van der Waals surface area contributed by atoms with Gasteiger partial charge in [0.2, 0.25) is 0 Å². The van der Waals surface area contributed by atoms with E-state index in [1.54, 1.807) is 0 Å². The molecule has 3 aromatic rings. The van der Waals surface area contributed by atoms with Gasteiger partial charge in [0.1, 0.15) is 6.29 Å². The molecule has 8 bridgehead atoms. The van der Waals surface area contributed by atoms with Crippen LogP contribution in [0.3, 0.4) is 0 Å². The smallest absolute Gasteiger partial charge is 0.125 e. The fraction of sp³-hybridized carbons (Fsp3) is 0.364. The van der Waals surface area contributed by atoms with Crippen LogP contribution in [0.5, 0.6) is 0 Å². The lowest BCUT2D eigenvalue weighted by Crippen LogP contribution is -2.15. The van der Waals surface area contributed by atoms with Crippen LogP contribution in [0.25, 0.3) is 39.3 Å². The first-order chi connectivity index (χ1) is 18.7. The number of aryl methyl sites for hydroxylation is 3. The minimum atomic E-state index is -0.424. The van der Waals surface area contributed by atoms with Gasteiger partial charge in [-0.2, -0.15) is 0 Å². The Hall–Kier alpha value is -3.77. The highest BCUT2D eigenvalue weighted by Crippen LogP contribution is 2.42. The van der Waals surface area contributed by atoms with Gasteiger partial charge in [0, 0.05) is 56.8 Å². The van der Waals surface area contributed by atoms with E-state index in [0.717, 1.165) is 79.8 Å². The number of rotatable bonds is 6. The quantitative estimate of drug-likeness (QED) is 0.296. The number of aliphatic hydroxyl groups excluding tert-OH is 1. The van der Waals surface area contributed by atoms with E-state index in [2.05, 4.69) is 82.4 Å². The van der Waals surface area contributed by atoms with Crippen molar-refractivity contribution >= 4 is 45.6 Å². The highest BCUT2D eigenvalue weighted by molar-refractivity contribution is 5.93. The van der Waals surface area contributed by atoms with E-state index in [4.69, 9.17) is 9.97 Å². The molecule has 5 heterocycles. The number of aliphatic hydroxyl groups is 1. The maximum atomic E-state index is 11.7. The molecule has 0 amide bonds. The molecule has 202 valence electrons. The zero-order valence-corrected chi connectivity index (χ0v) is 23.8. The minimum Gasteiger partial charge on any atom is -0.396 e. The third kappa shape index (κ3) is 4.57. The average molecular weight is 523 g/mol. The number of H-pyrrole nitrogens is 2. The van der Waals surface area contributed by atoms with Crippen molar-refractivity contribution in [2.75, 3.05) is 6.61 Å². The van der Waals surface area contributed by atoms with Gasteiger partial charge in [0.15, 0.2) is 0 Å². The zero-order chi connectivity index (χ0) is 28.0. The van der Waals surface area contributed by atoms with E-state index in [1.807, 2.05) is 6.08 Å². The summed E-state index contributed by atoms with van der Waals surface area (Å²) in [5.74, 6) is -0.331. The molecule has 0 spiro atoms. The normalized spacial score (nSPS) is 17.9. The first kappa shape index (κ1) is 26.8. The summed E-state index contributed by atoms with van der Waals surface area (Å²) in [5, 5.41) is 9.82. The van der Waals surface area contributed by atoms with Gasteiger partial charge in [0.05, 0.1) is 18.0 Å². The van der Waals surface area contributed by atoms with Crippen LogP contribution in [0.1, 0.15) is 90.5 Å². The van der Waals surface area contributed by atoms with Gasteiger partial charge in [-0.3, -0.25) is 4.98 Å². The second-order valence-electron chi connectivity index (χ2n) is 11.0. The molecule has 3 N–H and O–H groups in total. The number of hydrogen-bond acceptors (Lipinski definition) is 4. The van der Waals surface area contributed by atoms with Crippen LogP contribution < -0.4 is 0 Å². The number of allylic oxidation sites excluding steroid dienone is 2. The Morgan fingerprint density at radius 1 is 0.974 bits per heavy atom. The Morgan fingerprint density at radius 2 is 1.67 bits per heavy atom. The Kier molecular flexibility index (Phi) is 7.17. The van der Waals surface area contributed by atoms with Crippen molar-refractivity contribution in [3.63, 3.8) is 0 Å². The molecule has 0 aromatic carbocycles. The molecule has 2 aliphatic heterocycles. The van der Waals surface area contributed by atoms with Crippen molar-refractivity contribution in [1.82, 2.24) is 19.9 Å². The van der Waals surface area contributed by atoms with E-state index >= 15 is 0 Å². The predicted octanol–water partition coefficient (Wildman–Crippen LogP) is 7.31. The maximum Gasteiger partial charge on any atom is 0.125 e. The van der Waals surface area contributed by atoms with Crippen LogP contribution in [0.15, 0.2) is 30.8 Å². The third-order valence-corrected chi connectivity index (χ3v) is 8.66. The molecule has 3 aromatic heterocycles. The van der Waals surface area contributed by atoms with Crippen molar-refractivity contribution in [3.05, 3.63) is 75.9 Å². The highest BCUT2D eigenvalue weighted by Gasteiger charge is 2.32. The molecule has 0 aliphatic carbocycles. The molecular weight excluding hydrogens is 484 g/mol. The Labute approximate surface area is 230 Å². The van der Waals surface area contributed by atoms with Gasteiger partial charge in [-0.1, -0.05) is 26.5 Å². The average Bonchev–Trinajstić information content (AvgIpc) is 3.61. The van der Waals surface area contributed by atoms with Gasteiger partial charge in [0.25, 0.3) is 0 Å². The van der Waals surface area contributed by atoms with Gasteiger partial charge in [-0.25, -0.2) is 4.98 Å². The molecule has 0 radical (unpaired) electrons. The summed E-state index contributed by atoms with van der Waals surface area (Å²) in [5.41, 5.74) is 14.7. The number of carbonyl (C=O) groups is 1. The molecule has 1 unspecified atom stereocenters. The molecule has 39 heavy (non-hydrogen) atoms. The molecule has 6 heteroatoms. The van der Waals surface area contributed by atoms with Gasteiger partial charge >= 0.3 is 0 Å². The van der Waals surface area contributed by atoms with Crippen LogP contribution in [0, 0.1) is 26.7 Å². The van der Waals surface area contributed by atoms with E-state index in [1.165, 1.54) is 11.1 Å². The van der Waals surface area contributed by atoms with Crippen molar-refractivity contribution in [3.8, 4) is 0 Å². The van der Waals surface area contributed by atoms with Crippen molar-refractivity contribution < 1.29 is 9.90 Å². The Balaban J connectivity index is 1.92. The highest BCUT2D eigenvalue weighted by atomic mass is 16.3. The summed E-state index contributed by atoms with van der Waals surface area (Å²) in [6.45, 7) is 16.7. The summed E-state index contributed by atoms with van der Waals surface area (Å²) < 4.78 is 0. The van der Waals surface area contributed by atoms with E-state index in [9.17, 15) is 9.90 Å². The van der Waals surface area contributed by atoms with Gasteiger partial charge in [-0.15, -0.1) is 0 Å². The second kappa shape index (κ2) is 10.4. The third-order valence-electron chi connectivity index (χ3n) is 8.66. The topological polar surface area (TPSA) is 94.7 Å². The molecule has 5 rings (SSSR count). The van der Waals surface area contributed by atoms with Gasteiger partial charge < -0.3 is 19.9 Å². The molecule has 0 saturated heterocycles. The number of aromatic nitrogens is 4. The lowest BCUT2D eigenvalue weighted by atomic mass is 9.83. The molecule has 2 aliphatic rings. The summed E-state index contributed by atoms with van der Waals surface area (Å²) in [6, 6.07) is 8.57.